The van der Waals surface area contributed by atoms with Gasteiger partial charge in [-0.2, -0.15) is 17.6 Å². The molecule has 13 heteroatoms. The first-order valence-corrected chi connectivity index (χ1v) is 11.8. The molecule has 1 saturated heterocycles. The van der Waals surface area contributed by atoms with E-state index in [1.807, 2.05) is 0 Å². The Bertz CT molecular complexity index is 1100. The minimum absolute atomic E-state index is 0.0103. The Kier molecular flexibility index (Phi) is 8.92. The number of carbonyl (C=O) groups is 1. The third-order valence-electron chi connectivity index (χ3n) is 6.66. The van der Waals surface area contributed by atoms with E-state index in [0.29, 0.717) is 24.1 Å². The Morgan fingerprint density at radius 3 is 2.65 bits per heavy atom. The molecule has 1 aliphatic heterocycles. The van der Waals surface area contributed by atoms with Crippen LogP contribution >= 0.6 is 0 Å². The van der Waals surface area contributed by atoms with Crippen molar-refractivity contribution in [3.63, 3.8) is 0 Å². The monoisotopic (exact) mass is 528 g/mol. The number of primary amides is 1. The number of aliphatic hydroxyl groups excluding tert-OH is 2. The third kappa shape index (κ3) is 6.84. The normalized spacial score (nSPS) is 20.6. The van der Waals surface area contributed by atoms with Crippen molar-refractivity contribution in [3.05, 3.63) is 47.0 Å². The zero-order chi connectivity index (χ0) is 27.4. The first-order valence-electron chi connectivity index (χ1n) is 11.8. The SMILES string of the molecule is CCN(Cc1cc(C)cc(C(F)(F)F)c1)c1ncnc(NCC2(CO)CCN(CC(N)=O)CC2O)c1F. The van der Waals surface area contributed by atoms with Crippen LogP contribution in [0.1, 0.15) is 30.0 Å². The van der Waals surface area contributed by atoms with E-state index in [9.17, 15) is 28.2 Å². The van der Waals surface area contributed by atoms with Crippen LogP contribution in [0.2, 0.25) is 0 Å². The van der Waals surface area contributed by atoms with Crippen LogP contribution in [0, 0.1) is 18.2 Å². The van der Waals surface area contributed by atoms with E-state index < -0.39 is 35.0 Å². The molecular formula is C24H32F4N6O3. The molecule has 9 nitrogen and oxygen atoms in total. The van der Waals surface area contributed by atoms with Crippen LogP contribution in [-0.4, -0.2) is 76.4 Å². The average molecular weight is 529 g/mol. The van der Waals surface area contributed by atoms with Crippen molar-refractivity contribution in [1.82, 2.24) is 14.9 Å². The van der Waals surface area contributed by atoms with Crippen LogP contribution in [0.5, 0.6) is 0 Å². The number of β-amino-alcohol motifs (C(OH)–C–C–N with tert-alkyl or cyclic N) is 1. The number of nitrogens with zero attached hydrogens (tertiary/aromatic N) is 4. The molecule has 1 aliphatic rings. The summed E-state index contributed by atoms with van der Waals surface area (Å²) in [6.45, 7) is 3.64. The molecule has 2 unspecified atom stereocenters. The lowest BCUT2D eigenvalue weighted by atomic mass is 9.76. The van der Waals surface area contributed by atoms with Crippen molar-refractivity contribution in [2.75, 3.05) is 49.5 Å². The smallest absolute Gasteiger partial charge is 0.396 e. The molecule has 1 aromatic carbocycles. The van der Waals surface area contributed by atoms with E-state index >= 15 is 4.39 Å². The van der Waals surface area contributed by atoms with Crippen molar-refractivity contribution in [2.24, 2.45) is 11.1 Å². The highest BCUT2D eigenvalue weighted by Gasteiger charge is 2.42. The zero-order valence-corrected chi connectivity index (χ0v) is 20.7. The van der Waals surface area contributed by atoms with Gasteiger partial charge in [0.05, 0.1) is 24.8 Å². The Morgan fingerprint density at radius 1 is 1.32 bits per heavy atom. The Balaban J connectivity index is 1.77. The molecule has 0 spiro atoms. The predicted octanol–water partition coefficient (Wildman–Crippen LogP) is 1.91. The van der Waals surface area contributed by atoms with Gasteiger partial charge in [-0.05, 0) is 44.5 Å². The number of anilines is 2. The quantitative estimate of drug-likeness (QED) is 0.345. The Morgan fingerprint density at radius 2 is 2.05 bits per heavy atom. The van der Waals surface area contributed by atoms with Crippen LogP contribution in [0.3, 0.4) is 0 Å². The summed E-state index contributed by atoms with van der Waals surface area (Å²) in [4.78, 5) is 22.3. The molecule has 37 heavy (non-hydrogen) atoms. The topological polar surface area (TPSA) is 128 Å². The maximum Gasteiger partial charge on any atom is 0.416 e. The van der Waals surface area contributed by atoms with Gasteiger partial charge in [0.25, 0.3) is 0 Å². The first kappa shape index (κ1) is 28.5. The van der Waals surface area contributed by atoms with Gasteiger partial charge in [0, 0.05) is 31.6 Å². The summed E-state index contributed by atoms with van der Waals surface area (Å²) in [5.41, 5.74) is 4.22. The second-order valence-corrected chi connectivity index (χ2v) is 9.42. The predicted molar refractivity (Wildman–Crippen MR) is 129 cm³/mol. The third-order valence-corrected chi connectivity index (χ3v) is 6.66. The Hall–Kier alpha value is -3.03. The number of benzene rings is 1. The van der Waals surface area contributed by atoms with Crippen molar-refractivity contribution >= 4 is 17.5 Å². The number of nitrogens with one attached hydrogen (secondary N) is 1. The minimum Gasteiger partial charge on any atom is -0.396 e. The van der Waals surface area contributed by atoms with Crippen molar-refractivity contribution < 1.29 is 32.6 Å². The standard InChI is InChI=1S/C24H32F4N6O3/c1-3-34(9-16-6-15(2)7-17(8-16)24(26,27)28)22-20(25)21(31-14-32-22)30-12-23(13-35)4-5-33(10-18(23)36)11-19(29)37/h6-8,14,18,35-36H,3-5,9-13H2,1-2H3,(H2,29,37)(H,30,31,32). The number of halogens is 4. The van der Waals surface area contributed by atoms with Gasteiger partial charge in [-0.15, -0.1) is 0 Å². The highest BCUT2D eigenvalue weighted by atomic mass is 19.4. The van der Waals surface area contributed by atoms with Gasteiger partial charge >= 0.3 is 6.18 Å². The van der Waals surface area contributed by atoms with Crippen molar-refractivity contribution in [3.8, 4) is 0 Å². The molecule has 2 atom stereocenters. The molecule has 0 saturated carbocycles. The van der Waals surface area contributed by atoms with Crippen LogP contribution < -0.4 is 16.0 Å². The molecule has 2 aromatic rings. The summed E-state index contributed by atoms with van der Waals surface area (Å²) in [6, 6.07) is 3.69. The fourth-order valence-corrected chi connectivity index (χ4v) is 4.53. The van der Waals surface area contributed by atoms with Crippen molar-refractivity contribution in [1.29, 1.82) is 0 Å². The summed E-state index contributed by atoms with van der Waals surface area (Å²) in [5.74, 6) is -1.59. The lowest BCUT2D eigenvalue weighted by Gasteiger charge is -2.44. The van der Waals surface area contributed by atoms with Gasteiger partial charge in [0.1, 0.15) is 6.33 Å². The largest absolute Gasteiger partial charge is 0.416 e. The fourth-order valence-electron chi connectivity index (χ4n) is 4.53. The van der Waals surface area contributed by atoms with Gasteiger partial charge < -0.3 is 26.2 Å². The van der Waals surface area contributed by atoms with Crippen LogP contribution in [0.25, 0.3) is 0 Å². The molecule has 1 fully saturated rings. The van der Waals surface area contributed by atoms with E-state index in [-0.39, 0.29) is 51.0 Å². The highest BCUT2D eigenvalue weighted by Crippen LogP contribution is 2.34. The summed E-state index contributed by atoms with van der Waals surface area (Å²) in [6.07, 6.45) is -4.06. The van der Waals surface area contributed by atoms with Gasteiger partial charge in [-0.1, -0.05) is 11.6 Å². The van der Waals surface area contributed by atoms with E-state index in [1.54, 1.807) is 24.8 Å². The number of likely N-dealkylation sites (tertiary alicyclic amines) is 1. The molecule has 0 bridgehead atoms. The lowest BCUT2D eigenvalue weighted by Crippen LogP contribution is -2.56. The molecule has 5 N–H and O–H groups in total. The van der Waals surface area contributed by atoms with Crippen LogP contribution in [-0.2, 0) is 17.5 Å². The molecule has 1 aromatic heterocycles. The molecule has 0 aliphatic carbocycles. The summed E-state index contributed by atoms with van der Waals surface area (Å²) >= 11 is 0. The molecular weight excluding hydrogens is 496 g/mol. The molecule has 2 heterocycles. The van der Waals surface area contributed by atoms with E-state index in [4.69, 9.17) is 5.73 Å². The number of nitrogens with two attached hydrogens (primary N) is 1. The maximum atomic E-state index is 15.5. The molecule has 204 valence electrons. The number of hydrogen-bond donors (Lipinski definition) is 4. The summed E-state index contributed by atoms with van der Waals surface area (Å²) in [7, 11) is 0. The number of aryl methyl sites for hydroxylation is 1. The number of piperidine rings is 1. The second-order valence-electron chi connectivity index (χ2n) is 9.42. The van der Waals surface area contributed by atoms with Crippen LogP contribution in [0.4, 0.5) is 29.2 Å². The molecule has 3 rings (SSSR count). The number of rotatable bonds is 10. The maximum absolute atomic E-state index is 15.5. The van der Waals surface area contributed by atoms with Gasteiger partial charge in [0.2, 0.25) is 11.7 Å². The number of hydrogen-bond acceptors (Lipinski definition) is 8. The summed E-state index contributed by atoms with van der Waals surface area (Å²) < 4.78 is 55.2. The van der Waals surface area contributed by atoms with E-state index in [1.165, 1.54) is 4.90 Å². The fraction of sp³-hybridized carbons (Fsp3) is 0.542. The number of alkyl halides is 3. The molecule has 1 amide bonds. The van der Waals surface area contributed by atoms with Gasteiger partial charge in [0.15, 0.2) is 11.6 Å². The zero-order valence-electron chi connectivity index (χ0n) is 20.7. The van der Waals surface area contributed by atoms with Gasteiger partial charge in [-0.3, -0.25) is 9.69 Å². The highest BCUT2D eigenvalue weighted by molar-refractivity contribution is 5.75. The molecule has 0 radical (unpaired) electrons. The van der Waals surface area contributed by atoms with Crippen LogP contribution in [0.15, 0.2) is 24.5 Å². The van der Waals surface area contributed by atoms with E-state index in [0.717, 1.165) is 18.5 Å². The first-order chi connectivity index (χ1) is 17.4. The number of amides is 1. The van der Waals surface area contributed by atoms with Gasteiger partial charge in [-0.25, -0.2) is 9.97 Å². The minimum atomic E-state index is -4.50. The van der Waals surface area contributed by atoms with E-state index in [2.05, 4.69) is 15.3 Å². The van der Waals surface area contributed by atoms with Crippen molar-refractivity contribution in [2.45, 2.75) is 39.1 Å². The second kappa shape index (κ2) is 11.6. The Labute approximate surface area is 212 Å². The lowest BCUT2D eigenvalue weighted by molar-refractivity contribution is -0.137. The average Bonchev–Trinajstić information content (AvgIpc) is 2.82. The number of aromatic nitrogens is 2. The number of carbonyl (C=O) groups excluding carboxylic acids is 1. The number of aliphatic hydroxyl groups is 2. The summed E-state index contributed by atoms with van der Waals surface area (Å²) in [5, 5.41) is 23.6.